The number of hydrogen-bond donors (Lipinski definition) is 1. The van der Waals surface area contributed by atoms with Crippen LogP contribution in [0.15, 0.2) is 24.3 Å². The quantitative estimate of drug-likeness (QED) is 0.828. The summed E-state index contributed by atoms with van der Waals surface area (Å²) in [5.74, 6) is 0.358. The molecule has 0 saturated heterocycles. The van der Waals surface area contributed by atoms with E-state index in [1.807, 2.05) is 24.0 Å². The monoisotopic (exact) mass is 273 g/mol. The topological polar surface area (TPSA) is 70.1 Å². The van der Waals surface area contributed by atoms with Gasteiger partial charge in [-0.25, -0.2) is 0 Å². The highest BCUT2D eigenvalue weighted by molar-refractivity contribution is 5.76. The lowest BCUT2D eigenvalue weighted by Crippen LogP contribution is -2.33. The molecule has 0 heterocycles. The molecule has 1 unspecified atom stereocenters. The molecule has 1 atom stereocenters. The van der Waals surface area contributed by atoms with Crippen LogP contribution in [0, 0.1) is 17.2 Å². The maximum atomic E-state index is 12.2. The van der Waals surface area contributed by atoms with Crippen LogP contribution in [-0.4, -0.2) is 23.9 Å². The highest BCUT2D eigenvalue weighted by atomic mass is 16.2. The molecule has 1 rings (SSSR count). The van der Waals surface area contributed by atoms with Crippen molar-refractivity contribution in [2.45, 2.75) is 33.2 Å². The van der Waals surface area contributed by atoms with Gasteiger partial charge in [0.05, 0.1) is 11.6 Å². The minimum atomic E-state index is 0.147. The summed E-state index contributed by atoms with van der Waals surface area (Å²) in [7, 11) is 0. The molecule has 20 heavy (non-hydrogen) atoms. The van der Waals surface area contributed by atoms with E-state index in [4.69, 9.17) is 11.0 Å². The molecule has 0 aliphatic carbocycles. The average molecular weight is 273 g/mol. The van der Waals surface area contributed by atoms with Gasteiger partial charge in [0.15, 0.2) is 0 Å². The molecule has 1 aromatic rings. The first-order valence-corrected chi connectivity index (χ1v) is 7.07. The molecule has 1 amide bonds. The number of nitrogens with two attached hydrogens (primary N) is 1. The molecule has 108 valence electrons. The fraction of sp³-hybridized carbons (Fsp3) is 0.500. The summed E-state index contributed by atoms with van der Waals surface area (Å²) in [5.41, 5.74) is 7.26. The molecule has 0 aliphatic heterocycles. The number of rotatable bonds is 7. The summed E-state index contributed by atoms with van der Waals surface area (Å²) in [5, 5.41) is 8.78. The van der Waals surface area contributed by atoms with Crippen molar-refractivity contribution in [2.75, 3.05) is 13.1 Å². The minimum absolute atomic E-state index is 0.147. The Morgan fingerprint density at radius 3 is 2.55 bits per heavy atom. The van der Waals surface area contributed by atoms with Crippen LogP contribution in [0.25, 0.3) is 0 Å². The van der Waals surface area contributed by atoms with E-state index >= 15 is 0 Å². The number of nitriles is 1. The molecule has 0 spiro atoms. The fourth-order valence-corrected chi connectivity index (χ4v) is 1.98. The Labute approximate surface area is 121 Å². The molecule has 0 radical (unpaired) electrons. The predicted octanol–water partition coefficient (Wildman–Crippen LogP) is 2.28. The zero-order valence-corrected chi connectivity index (χ0v) is 12.3. The second-order valence-electron chi connectivity index (χ2n) is 5.17. The Kier molecular flexibility index (Phi) is 6.75. The first-order valence-electron chi connectivity index (χ1n) is 7.07. The van der Waals surface area contributed by atoms with E-state index in [9.17, 15) is 4.79 Å². The zero-order chi connectivity index (χ0) is 15.0. The smallest absolute Gasteiger partial charge is 0.223 e. The molecule has 0 fully saturated rings. The maximum Gasteiger partial charge on any atom is 0.223 e. The van der Waals surface area contributed by atoms with E-state index in [0.717, 1.165) is 18.5 Å². The summed E-state index contributed by atoms with van der Waals surface area (Å²) in [6.45, 7) is 5.92. The first kappa shape index (κ1) is 16.2. The van der Waals surface area contributed by atoms with Crippen LogP contribution in [0.4, 0.5) is 0 Å². The normalized spacial score (nSPS) is 11.7. The van der Waals surface area contributed by atoms with Crippen LogP contribution in [0.3, 0.4) is 0 Å². The SMILES string of the molecule is CCCN(Cc1ccc(C#N)cc1)C(=O)CC(C)CN. The van der Waals surface area contributed by atoms with E-state index < -0.39 is 0 Å². The largest absolute Gasteiger partial charge is 0.338 e. The van der Waals surface area contributed by atoms with Gasteiger partial charge in [0.25, 0.3) is 0 Å². The van der Waals surface area contributed by atoms with Gasteiger partial charge in [-0.05, 0) is 36.6 Å². The lowest BCUT2D eigenvalue weighted by atomic mass is 10.1. The predicted molar refractivity (Wildman–Crippen MR) is 79.7 cm³/mol. The highest BCUT2D eigenvalue weighted by Crippen LogP contribution is 2.11. The van der Waals surface area contributed by atoms with Crippen molar-refractivity contribution >= 4 is 5.91 Å². The summed E-state index contributed by atoms with van der Waals surface area (Å²) in [6, 6.07) is 9.47. The number of nitrogens with zero attached hydrogens (tertiary/aromatic N) is 2. The second kappa shape index (κ2) is 8.34. The number of carbonyl (C=O) groups excluding carboxylic acids is 1. The van der Waals surface area contributed by atoms with Crippen molar-refractivity contribution in [3.63, 3.8) is 0 Å². The van der Waals surface area contributed by atoms with Crippen LogP contribution in [0.2, 0.25) is 0 Å². The second-order valence-corrected chi connectivity index (χ2v) is 5.17. The molecule has 0 bridgehead atoms. The molecular formula is C16H23N3O. The van der Waals surface area contributed by atoms with Crippen molar-refractivity contribution < 1.29 is 4.79 Å². The van der Waals surface area contributed by atoms with E-state index in [-0.39, 0.29) is 11.8 Å². The van der Waals surface area contributed by atoms with Crippen LogP contribution >= 0.6 is 0 Å². The number of carbonyl (C=O) groups is 1. The molecule has 2 N–H and O–H groups in total. The van der Waals surface area contributed by atoms with E-state index in [0.29, 0.717) is 25.1 Å². The van der Waals surface area contributed by atoms with E-state index in [1.165, 1.54) is 0 Å². The molecule has 0 aliphatic rings. The Balaban J connectivity index is 2.70. The fourth-order valence-electron chi connectivity index (χ4n) is 1.98. The molecular weight excluding hydrogens is 250 g/mol. The van der Waals surface area contributed by atoms with Gasteiger partial charge >= 0.3 is 0 Å². The van der Waals surface area contributed by atoms with Gasteiger partial charge in [0, 0.05) is 19.5 Å². The van der Waals surface area contributed by atoms with Crippen molar-refractivity contribution in [1.29, 1.82) is 5.26 Å². The van der Waals surface area contributed by atoms with Gasteiger partial charge in [-0.1, -0.05) is 26.0 Å². The van der Waals surface area contributed by atoms with Crippen molar-refractivity contribution in [3.8, 4) is 6.07 Å². The van der Waals surface area contributed by atoms with Crippen LogP contribution in [0.5, 0.6) is 0 Å². The minimum Gasteiger partial charge on any atom is -0.338 e. The van der Waals surface area contributed by atoms with Gasteiger partial charge in [-0.3, -0.25) is 4.79 Å². The molecule has 0 saturated carbocycles. The number of hydrogen-bond acceptors (Lipinski definition) is 3. The Morgan fingerprint density at radius 2 is 2.05 bits per heavy atom. The molecule has 4 nitrogen and oxygen atoms in total. The van der Waals surface area contributed by atoms with Gasteiger partial charge in [-0.2, -0.15) is 5.26 Å². The summed E-state index contributed by atoms with van der Waals surface area (Å²) < 4.78 is 0. The number of benzene rings is 1. The molecule has 0 aromatic heterocycles. The van der Waals surface area contributed by atoms with Crippen LogP contribution in [-0.2, 0) is 11.3 Å². The van der Waals surface area contributed by atoms with Gasteiger partial charge in [0.1, 0.15) is 0 Å². The van der Waals surface area contributed by atoms with Gasteiger partial charge in [-0.15, -0.1) is 0 Å². The third-order valence-electron chi connectivity index (χ3n) is 3.23. The summed E-state index contributed by atoms with van der Waals surface area (Å²) in [6.07, 6.45) is 1.42. The van der Waals surface area contributed by atoms with Crippen molar-refractivity contribution in [2.24, 2.45) is 11.7 Å². The zero-order valence-electron chi connectivity index (χ0n) is 12.3. The third kappa shape index (κ3) is 5.02. The van der Waals surface area contributed by atoms with Crippen molar-refractivity contribution in [1.82, 2.24) is 4.90 Å². The van der Waals surface area contributed by atoms with Gasteiger partial charge in [0.2, 0.25) is 5.91 Å². The highest BCUT2D eigenvalue weighted by Gasteiger charge is 2.15. The van der Waals surface area contributed by atoms with Gasteiger partial charge < -0.3 is 10.6 Å². The lowest BCUT2D eigenvalue weighted by Gasteiger charge is -2.23. The third-order valence-corrected chi connectivity index (χ3v) is 3.23. The van der Waals surface area contributed by atoms with Crippen molar-refractivity contribution in [3.05, 3.63) is 35.4 Å². The lowest BCUT2D eigenvalue weighted by molar-refractivity contribution is -0.132. The standard InChI is InChI=1S/C16H23N3O/c1-3-8-19(16(20)9-13(2)10-17)12-15-6-4-14(11-18)5-7-15/h4-7,13H,3,8-10,12,17H2,1-2H3. The van der Waals surface area contributed by atoms with E-state index in [1.54, 1.807) is 12.1 Å². The Hall–Kier alpha value is -1.86. The number of amides is 1. The first-order chi connectivity index (χ1) is 9.60. The Morgan fingerprint density at radius 1 is 1.40 bits per heavy atom. The molecule has 4 heteroatoms. The van der Waals surface area contributed by atoms with Crippen LogP contribution < -0.4 is 5.73 Å². The van der Waals surface area contributed by atoms with E-state index in [2.05, 4.69) is 13.0 Å². The molecule has 1 aromatic carbocycles. The summed E-state index contributed by atoms with van der Waals surface area (Å²) in [4.78, 5) is 14.1. The maximum absolute atomic E-state index is 12.2. The Bertz CT molecular complexity index is 462. The average Bonchev–Trinajstić information content (AvgIpc) is 2.47. The van der Waals surface area contributed by atoms with Crippen LogP contribution in [0.1, 0.15) is 37.8 Å². The summed E-state index contributed by atoms with van der Waals surface area (Å²) >= 11 is 0.